The van der Waals surface area contributed by atoms with Gasteiger partial charge in [0.1, 0.15) is 11.6 Å². The Kier molecular flexibility index (Phi) is 8.71. The van der Waals surface area contributed by atoms with E-state index < -0.39 is 24.5 Å². The molecule has 0 spiro atoms. The Hall–Kier alpha value is -2.03. The van der Waals surface area contributed by atoms with Gasteiger partial charge in [-0.2, -0.15) is 22.0 Å². The van der Waals surface area contributed by atoms with Gasteiger partial charge in [-0.05, 0) is 81.5 Å². The van der Waals surface area contributed by atoms with Crippen molar-refractivity contribution in [1.29, 1.82) is 0 Å². The molecule has 0 bridgehead atoms. The number of likely N-dealkylation sites (tertiary alicyclic amines) is 1. The van der Waals surface area contributed by atoms with E-state index >= 15 is 0 Å². The van der Waals surface area contributed by atoms with Gasteiger partial charge in [-0.25, -0.2) is 4.39 Å². The molecule has 1 aromatic rings. The number of hydrogen-bond acceptors (Lipinski definition) is 3. The van der Waals surface area contributed by atoms with Gasteiger partial charge in [0.15, 0.2) is 5.78 Å². The summed E-state index contributed by atoms with van der Waals surface area (Å²) in [5.41, 5.74) is 0.0341. The summed E-state index contributed by atoms with van der Waals surface area (Å²) in [6, 6.07) is 4.21. The molecule has 1 aliphatic carbocycles. The van der Waals surface area contributed by atoms with Crippen molar-refractivity contribution in [3.8, 4) is 5.75 Å². The molecule has 1 saturated heterocycles. The Labute approximate surface area is 196 Å². The Bertz CT molecular complexity index is 856. The number of halogens is 6. The van der Waals surface area contributed by atoms with Crippen LogP contribution < -0.4 is 4.74 Å². The van der Waals surface area contributed by atoms with E-state index in [1.54, 1.807) is 12.1 Å². The smallest absolute Gasteiger partial charge is 0.454 e. The molecule has 0 aromatic heterocycles. The Balaban J connectivity index is 1.40. The fraction of sp³-hybridized carbons (Fsp3) is 0.640. The fourth-order valence-electron chi connectivity index (χ4n) is 4.83. The van der Waals surface area contributed by atoms with E-state index in [0.717, 1.165) is 19.3 Å². The van der Waals surface area contributed by atoms with Crippen LogP contribution in [0.1, 0.15) is 55.3 Å². The van der Waals surface area contributed by atoms with Gasteiger partial charge in [-0.1, -0.05) is 6.08 Å². The van der Waals surface area contributed by atoms with Crippen LogP contribution in [0.3, 0.4) is 0 Å². The number of hydrogen-bond donors (Lipinski definition) is 0. The highest BCUT2D eigenvalue weighted by molar-refractivity contribution is 5.96. The van der Waals surface area contributed by atoms with Crippen molar-refractivity contribution in [3.05, 3.63) is 42.2 Å². The molecule has 0 amide bonds. The van der Waals surface area contributed by atoms with Gasteiger partial charge < -0.3 is 4.74 Å². The van der Waals surface area contributed by atoms with Crippen LogP contribution in [-0.4, -0.2) is 49.0 Å². The summed E-state index contributed by atoms with van der Waals surface area (Å²) in [5.74, 6) is -4.09. The minimum atomic E-state index is -5.52. The third-order valence-corrected chi connectivity index (χ3v) is 6.86. The fourth-order valence-corrected chi connectivity index (χ4v) is 4.83. The number of Topliss-reactive ketones (excluding diaryl/α,β-unsaturated/α-hetero) is 1. The Morgan fingerprint density at radius 2 is 1.94 bits per heavy atom. The predicted octanol–water partition coefficient (Wildman–Crippen LogP) is 6.68. The van der Waals surface area contributed by atoms with Gasteiger partial charge >= 0.3 is 12.1 Å². The largest absolute Gasteiger partial charge is 0.493 e. The molecule has 9 heteroatoms. The summed E-state index contributed by atoms with van der Waals surface area (Å²) in [5, 5.41) is 0. The van der Waals surface area contributed by atoms with Crippen LogP contribution >= 0.6 is 0 Å². The molecule has 3 atom stereocenters. The third-order valence-electron chi connectivity index (χ3n) is 6.86. The van der Waals surface area contributed by atoms with Crippen LogP contribution in [0.5, 0.6) is 5.75 Å². The quantitative estimate of drug-likeness (QED) is 0.197. The second-order valence-corrected chi connectivity index (χ2v) is 9.36. The molecule has 3 nitrogen and oxygen atoms in total. The molecule has 3 rings (SSSR count). The maximum Gasteiger partial charge on any atom is 0.454 e. The monoisotopic (exact) mass is 491 g/mol. The number of carbonyl (C=O) groups is 1. The molecule has 1 saturated carbocycles. The average molecular weight is 492 g/mol. The number of allylic oxidation sites excluding steroid dienone is 1. The number of alkyl halides is 5. The molecule has 1 aliphatic heterocycles. The lowest BCUT2D eigenvalue weighted by Gasteiger charge is -2.27. The molecule has 0 radical (unpaired) electrons. The summed E-state index contributed by atoms with van der Waals surface area (Å²) >= 11 is 0. The van der Waals surface area contributed by atoms with E-state index in [-0.39, 0.29) is 30.9 Å². The maximum atomic E-state index is 14.2. The SMILES string of the molecule is C=CCCC(=O)c1ccc(OCC[C@@H]2C[C@@H]2C2CCCN(CC(F)(F)C(F)(F)F)CC2)cc1F. The standard InChI is InChI=1S/C25H31F6NO2/c1-2-3-6-23(33)20-8-7-19(15-22(20)26)34-13-10-18-14-21(18)17-5-4-11-32(12-9-17)16-24(27,28)25(29,30)31/h2,7-8,15,17-18,21H,1,3-6,9-14,16H2/t17?,18-,21-/m1/s1. The van der Waals surface area contributed by atoms with Gasteiger partial charge in [0.2, 0.25) is 0 Å². The molecule has 1 aromatic carbocycles. The number of ketones is 1. The number of ether oxygens (including phenoxy) is 1. The number of benzene rings is 1. The van der Waals surface area contributed by atoms with Crippen LogP contribution in [0.4, 0.5) is 26.3 Å². The number of rotatable bonds is 11. The minimum absolute atomic E-state index is 0.0341. The molecule has 1 heterocycles. The first kappa shape index (κ1) is 26.6. The van der Waals surface area contributed by atoms with Crippen LogP contribution in [0.2, 0.25) is 0 Å². The van der Waals surface area contributed by atoms with Crippen LogP contribution in [0.15, 0.2) is 30.9 Å². The lowest BCUT2D eigenvalue weighted by molar-refractivity contribution is -0.286. The second-order valence-electron chi connectivity index (χ2n) is 9.36. The lowest BCUT2D eigenvalue weighted by atomic mass is 9.93. The van der Waals surface area contributed by atoms with E-state index in [9.17, 15) is 31.1 Å². The van der Waals surface area contributed by atoms with Gasteiger partial charge in [-0.15, -0.1) is 6.58 Å². The summed E-state index contributed by atoms with van der Waals surface area (Å²) in [7, 11) is 0. The average Bonchev–Trinajstić information content (AvgIpc) is 3.54. The molecule has 2 aliphatic rings. The molecule has 0 N–H and O–H groups in total. The molecular weight excluding hydrogens is 460 g/mol. The summed E-state index contributed by atoms with van der Waals surface area (Å²) in [4.78, 5) is 13.2. The zero-order valence-corrected chi connectivity index (χ0v) is 19.1. The summed E-state index contributed by atoms with van der Waals surface area (Å²) in [6.45, 7) is 3.15. The number of carbonyl (C=O) groups excluding carboxylic acids is 1. The highest BCUT2D eigenvalue weighted by Crippen LogP contribution is 2.50. The summed E-state index contributed by atoms with van der Waals surface area (Å²) < 4.78 is 84.1. The molecule has 190 valence electrons. The molecule has 2 fully saturated rings. The van der Waals surface area contributed by atoms with Crippen molar-refractivity contribution in [2.75, 3.05) is 26.2 Å². The van der Waals surface area contributed by atoms with Crippen molar-refractivity contribution in [3.63, 3.8) is 0 Å². The van der Waals surface area contributed by atoms with Crippen molar-refractivity contribution in [2.24, 2.45) is 17.8 Å². The van der Waals surface area contributed by atoms with Crippen LogP contribution in [0.25, 0.3) is 0 Å². The van der Waals surface area contributed by atoms with Crippen molar-refractivity contribution < 1.29 is 35.9 Å². The highest BCUT2D eigenvalue weighted by Gasteiger charge is 2.58. The normalized spacial score (nSPS) is 23.9. The Morgan fingerprint density at radius 1 is 1.18 bits per heavy atom. The highest BCUT2D eigenvalue weighted by atomic mass is 19.4. The van der Waals surface area contributed by atoms with Gasteiger partial charge in [0.05, 0.1) is 18.7 Å². The number of nitrogens with zero attached hydrogens (tertiary/aromatic N) is 1. The molecule has 1 unspecified atom stereocenters. The van der Waals surface area contributed by atoms with Crippen molar-refractivity contribution in [1.82, 2.24) is 4.90 Å². The molecular formula is C25H31F6NO2. The molecule has 34 heavy (non-hydrogen) atoms. The Morgan fingerprint density at radius 3 is 2.62 bits per heavy atom. The zero-order chi connectivity index (χ0) is 24.9. The topological polar surface area (TPSA) is 29.5 Å². The van der Waals surface area contributed by atoms with Gasteiger partial charge in [0, 0.05) is 12.5 Å². The van der Waals surface area contributed by atoms with E-state index in [1.165, 1.54) is 17.0 Å². The van der Waals surface area contributed by atoms with Crippen LogP contribution in [0, 0.1) is 23.6 Å². The van der Waals surface area contributed by atoms with Crippen LogP contribution in [-0.2, 0) is 0 Å². The third kappa shape index (κ3) is 6.99. The first-order valence-corrected chi connectivity index (χ1v) is 11.7. The van der Waals surface area contributed by atoms with Gasteiger partial charge in [0.25, 0.3) is 0 Å². The van der Waals surface area contributed by atoms with E-state index in [4.69, 9.17) is 4.74 Å². The van der Waals surface area contributed by atoms with E-state index in [2.05, 4.69) is 6.58 Å². The van der Waals surface area contributed by atoms with Gasteiger partial charge in [-0.3, -0.25) is 9.69 Å². The minimum Gasteiger partial charge on any atom is -0.493 e. The van der Waals surface area contributed by atoms with E-state index in [1.807, 2.05) is 0 Å². The maximum absolute atomic E-state index is 14.2. The predicted molar refractivity (Wildman–Crippen MR) is 117 cm³/mol. The van der Waals surface area contributed by atoms with Crippen molar-refractivity contribution in [2.45, 2.75) is 57.0 Å². The summed E-state index contributed by atoms with van der Waals surface area (Å²) in [6.07, 6.45) is 0.559. The van der Waals surface area contributed by atoms with Crippen molar-refractivity contribution >= 4 is 5.78 Å². The first-order valence-electron chi connectivity index (χ1n) is 11.7. The second kappa shape index (κ2) is 11.1. The zero-order valence-electron chi connectivity index (χ0n) is 19.1. The van der Waals surface area contributed by atoms with E-state index in [0.29, 0.717) is 49.4 Å². The lowest BCUT2D eigenvalue weighted by Crippen LogP contribution is -2.47. The first-order chi connectivity index (χ1) is 16.0.